The van der Waals surface area contributed by atoms with Crippen LogP contribution >= 0.6 is 15.9 Å². The van der Waals surface area contributed by atoms with E-state index in [0.717, 1.165) is 26.5 Å². The number of aryl methyl sites for hydroxylation is 1. The SMILES string of the molecule is CCCCC(=O)N[C@@H]1CC(=O)NCCCC[C@@H](C(N)=O)NC(=O)[C@H](Cc2c[nH]c3ccccc23)NC(=O)[C@@H](CCCN=C(N)N)NC(=O)[C@H](Cc2ccccc2)NC(=O)C2(CCc3cc(Br)ccc3C2)NC1=O. The van der Waals surface area contributed by atoms with E-state index >= 15 is 4.79 Å². The van der Waals surface area contributed by atoms with Crippen LogP contribution in [-0.4, -0.2) is 107 Å². The Bertz CT molecular complexity index is 2660. The Morgan fingerprint density at radius 3 is 2.26 bits per heavy atom. The number of nitrogens with zero attached hydrogens (tertiary/aromatic N) is 1. The van der Waals surface area contributed by atoms with Crippen molar-refractivity contribution in [3.63, 3.8) is 0 Å². The number of aliphatic imine (C=N–C) groups is 1. The number of rotatable bonds is 13. The van der Waals surface area contributed by atoms with E-state index in [2.05, 4.69) is 63.1 Å². The van der Waals surface area contributed by atoms with E-state index in [0.29, 0.717) is 43.2 Å². The molecule has 2 heterocycles. The average Bonchev–Trinajstić information content (AvgIpc) is 3.77. The molecule has 20 nitrogen and oxygen atoms in total. The highest BCUT2D eigenvalue weighted by Gasteiger charge is 2.46. The number of hydrogen-bond donors (Lipinski definition) is 11. The van der Waals surface area contributed by atoms with Crippen molar-refractivity contribution in [2.24, 2.45) is 22.2 Å². The molecule has 4 aromatic rings. The molecule has 1 saturated heterocycles. The number of benzene rings is 3. The second kappa shape index (κ2) is 26.4. The van der Waals surface area contributed by atoms with Crippen molar-refractivity contribution < 1.29 is 38.4 Å². The number of nitrogens with one attached hydrogen (secondary N) is 8. The van der Waals surface area contributed by atoms with Gasteiger partial charge in [-0.2, -0.15) is 0 Å². The molecule has 2 aliphatic rings. The number of guanidine groups is 1. The van der Waals surface area contributed by atoms with Gasteiger partial charge in [-0.15, -0.1) is 0 Å². The molecule has 6 rings (SSSR count). The lowest BCUT2D eigenvalue weighted by molar-refractivity contribution is -0.139. The smallest absolute Gasteiger partial charge is 0.246 e. The number of halogens is 1. The fourth-order valence-corrected chi connectivity index (χ4v) is 9.58. The molecule has 0 radical (unpaired) electrons. The molecule has 1 unspecified atom stereocenters. The Balaban J connectivity index is 1.41. The van der Waals surface area contributed by atoms with Gasteiger partial charge in [0, 0.05) is 60.3 Å². The van der Waals surface area contributed by atoms with Gasteiger partial charge in [0.05, 0.1) is 6.42 Å². The molecule has 1 aromatic heterocycles. The van der Waals surface area contributed by atoms with Gasteiger partial charge in [0.15, 0.2) is 5.96 Å². The Hall–Kier alpha value is -7.29. The third kappa shape index (κ3) is 15.8. The molecule has 0 saturated carbocycles. The summed E-state index contributed by atoms with van der Waals surface area (Å²) in [5.41, 5.74) is 19.2. The van der Waals surface area contributed by atoms with Gasteiger partial charge in [0.1, 0.15) is 35.7 Å². The molecule has 1 aliphatic heterocycles. The van der Waals surface area contributed by atoms with Crippen molar-refractivity contribution in [2.75, 3.05) is 13.1 Å². The average molecular weight is 1070 g/mol. The van der Waals surface area contributed by atoms with Crippen molar-refractivity contribution in [2.45, 2.75) is 133 Å². The standard InChI is InChI=1S/C52H67BrN12O8/c1-2-3-18-43(66)60-42-28-44(67)57-23-10-9-16-38(45(54)68)61-48(71)41(27-34-30-59-37-15-8-7-14-36(34)37)63-46(69)39(17-11-24-58-51(55)56)62-47(70)40(25-31-12-5-4-6-13-31)64-50(73)52(65-49(42)72)22-21-32-26-35(53)20-19-33(32)29-52/h4-8,12-15,19-20,26,30,38-42,59H,2-3,9-11,16-18,21-25,27-29H2,1H3,(H2,54,68)(H,57,67)(H,60,66)(H,61,71)(H,62,70)(H,63,69)(H,64,73)(H,65,72)(H4,55,56,58)/t38-,39+,40-,41-,42+,52?/m0/s1. The normalized spacial score (nSPS) is 22.8. The summed E-state index contributed by atoms with van der Waals surface area (Å²) < 4.78 is 0.823. The summed E-state index contributed by atoms with van der Waals surface area (Å²) in [7, 11) is 0. The van der Waals surface area contributed by atoms with Gasteiger partial charge in [-0.25, -0.2) is 0 Å². The van der Waals surface area contributed by atoms with E-state index in [1.165, 1.54) is 0 Å². The first-order valence-corrected chi connectivity index (χ1v) is 25.6. The molecule has 8 amide bonds. The first kappa shape index (κ1) is 55.0. The van der Waals surface area contributed by atoms with Crippen LogP contribution in [-0.2, 0) is 64.0 Å². The highest BCUT2D eigenvalue weighted by Crippen LogP contribution is 2.32. The number of aromatic amines is 1. The van der Waals surface area contributed by atoms with E-state index in [1.54, 1.807) is 36.5 Å². The van der Waals surface area contributed by atoms with Gasteiger partial charge in [-0.1, -0.05) is 83.9 Å². The number of primary amides is 1. The molecule has 21 heteroatoms. The molecule has 390 valence electrons. The quantitative estimate of drug-likeness (QED) is 0.0522. The van der Waals surface area contributed by atoms with Crippen LogP contribution in [0.5, 0.6) is 0 Å². The van der Waals surface area contributed by atoms with Crippen LogP contribution < -0.4 is 54.4 Å². The van der Waals surface area contributed by atoms with Crippen LogP contribution in [0, 0.1) is 0 Å². The molecule has 73 heavy (non-hydrogen) atoms. The van der Waals surface area contributed by atoms with E-state index < -0.39 is 89.4 Å². The van der Waals surface area contributed by atoms with E-state index in [9.17, 15) is 33.6 Å². The lowest BCUT2D eigenvalue weighted by Crippen LogP contribution is -2.67. The molecular formula is C52H67BrN12O8. The molecule has 3 aromatic carbocycles. The molecule has 1 aliphatic carbocycles. The highest BCUT2D eigenvalue weighted by molar-refractivity contribution is 9.10. The molecule has 1 spiro atoms. The van der Waals surface area contributed by atoms with Gasteiger partial charge in [0.25, 0.3) is 0 Å². The topological polar surface area (TPSA) is 327 Å². The predicted molar refractivity (Wildman–Crippen MR) is 279 cm³/mol. The fraction of sp³-hybridized carbons (Fsp3) is 0.442. The number of carbonyl (C=O) groups excluding carboxylic acids is 8. The number of para-hydroxylation sites is 1. The van der Waals surface area contributed by atoms with Crippen molar-refractivity contribution >= 4 is 80.0 Å². The van der Waals surface area contributed by atoms with Gasteiger partial charge >= 0.3 is 0 Å². The van der Waals surface area contributed by atoms with Crippen LogP contribution in [0.2, 0.25) is 0 Å². The molecule has 6 atom stereocenters. The molecule has 14 N–H and O–H groups in total. The number of nitrogens with two attached hydrogens (primary N) is 3. The minimum atomic E-state index is -1.69. The highest BCUT2D eigenvalue weighted by atomic mass is 79.9. The summed E-state index contributed by atoms with van der Waals surface area (Å²) >= 11 is 3.53. The van der Waals surface area contributed by atoms with Crippen LogP contribution in [0.15, 0.2) is 88.5 Å². The van der Waals surface area contributed by atoms with Gasteiger partial charge in [-0.3, -0.25) is 43.3 Å². The number of amides is 8. The maximum atomic E-state index is 15.2. The first-order chi connectivity index (χ1) is 35.0. The molecule has 1 fully saturated rings. The fourth-order valence-electron chi connectivity index (χ4n) is 9.17. The summed E-state index contributed by atoms with van der Waals surface area (Å²) in [6, 6.07) is 15.4. The number of carbonyl (C=O) groups is 8. The van der Waals surface area contributed by atoms with E-state index in [-0.39, 0.29) is 70.4 Å². The first-order valence-electron chi connectivity index (χ1n) is 24.8. The second-order valence-corrected chi connectivity index (χ2v) is 19.7. The third-order valence-electron chi connectivity index (χ3n) is 13.2. The van der Waals surface area contributed by atoms with E-state index in [1.807, 2.05) is 49.4 Å². The predicted octanol–water partition coefficient (Wildman–Crippen LogP) is 1.60. The molecule has 0 bridgehead atoms. The third-order valence-corrected chi connectivity index (χ3v) is 13.7. The summed E-state index contributed by atoms with van der Waals surface area (Å²) in [5.74, 6) is -5.74. The Morgan fingerprint density at radius 2 is 1.51 bits per heavy atom. The lowest BCUT2D eigenvalue weighted by Gasteiger charge is -2.39. The number of fused-ring (bicyclic) bond motifs is 2. The van der Waals surface area contributed by atoms with Crippen LogP contribution in [0.1, 0.15) is 93.4 Å². The monoisotopic (exact) mass is 1070 g/mol. The summed E-state index contributed by atoms with van der Waals surface area (Å²) in [6.45, 7) is 2.12. The number of aromatic nitrogens is 1. The summed E-state index contributed by atoms with van der Waals surface area (Å²) in [4.78, 5) is 121. The van der Waals surface area contributed by atoms with Crippen molar-refractivity contribution in [3.05, 3.63) is 106 Å². The van der Waals surface area contributed by atoms with Crippen molar-refractivity contribution in [3.8, 4) is 0 Å². The van der Waals surface area contributed by atoms with Crippen LogP contribution in [0.25, 0.3) is 10.9 Å². The number of H-pyrrole nitrogens is 1. The maximum Gasteiger partial charge on any atom is 0.246 e. The Morgan fingerprint density at radius 1 is 0.795 bits per heavy atom. The Kier molecular flexibility index (Phi) is 19.9. The summed E-state index contributed by atoms with van der Waals surface area (Å²) in [6.07, 6.45) is 3.85. The largest absolute Gasteiger partial charge is 0.370 e. The number of unbranched alkanes of at least 4 members (excludes halogenated alkanes) is 1. The summed E-state index contributed by atoms with van der Waals surface area (Å²) in [5, 5.41) is 20.6. The van der Waals surface area contributed by atoms with Gasteiger partial charge < -0.3 is 59.4 Å². The zero-order valence-electron chi connectivity index (χ0n) is 41.0. The maximum absolute atomic E-state index is 15.2. The van der Waals surface area contributed by atoms with Gasteiger partial charge in [0.2, 0.25) is 47.3 Å². The van der Waals surface area contributed by atoms with Gasteiger partial charge in [-0.05, 0) is 91.8 Å². The van der Waals surface area contributed by atoms with E-state index in [4.69, 9.17) is 17.2 Å². The Labute approximate surface area is 432 Å². The van der Waals surface area contributed by atoms with Crippen molar-refractivity contribution in [1.82, 2.24) is 42.2 Å². The minimum absolute atomic E-state index is 0.00242. The second-order valence-electron chi connectivity index (χ2n) is 18.7. The van der Waals surface area contributed by atoms with Crippen LogP contribution in [0.4, 0.5) is 0 Å². The van der Waals surface area contributed by atoms with Crippen LogP contribution in [0.3, 0.4) is 0 Å². The zero-order valence-corrected chi connectivity index (χ0v) is 42.6. The zero-order chi connectivity index (χ0) is 52.5. The lowest BCUT2D eigenvalue weighted by atomic mass is 9.76. The number of hydrogen-bond acceptors (Lipinski definition) is 9. The minimum Gasteiger partial charge on any atom is -0.370 e. The molecular weight excluding hydrogens is 1000 g/mol. The van der Waals surface area contributed by atoms with Crippen molar-refractivity contribution in [1.29, 1.82) is 0 Å².